The molecule has 0 aromatic carbocycles. The van der Waals surface area contributed by atoms with E-state index in [1.807, 2.05) is 4.68 Å². The lowest BCUT2D eigenvalue weighted by atomic mass is 9.64. The fourth-order valence-electron chi connectivity index (χ4n) is 3.56. The molecule has 2 atom stereocenters. The lowest BCUT2D eigenvalue weighted by molar-refractivity contribution is -0.0842. The first-order valence-corrected chi connectivity index (χ1v) is 7.66. The lowest BCUT2D eigenvalue weighted by Gasteiger charge is -2.45. The van der Waals surface area contributed by atoms with Gasteiger partial charge in [0.25, 0.3) is 0 Å². The summed E-state index contributed by atoms with van der Waals surface area (Å²) < 4.78 is 7.37. The second kappa shape index (κ2) is 5.40. The zero-order valence-corrected chi connectivity index (χ0v) is 13.4. The topological polar surface area (TPSA) is 47.3 Å². The molecule has 0 amide bonds. The monoisotopic (exact) mass is 280 g/mol. The summed E-state index contributed by atoms with van der Waals surface area (Å²) in [5.74, 6) is 0.917. The number of aromatic nitrogens is 2. The van der Waals surface area contributed by atoms with Crippen LogP contribution in [0.2, 0.25) is 0 Å². The number of methoxy groups -OCH3 is 1. The third-order valence-electron chi connectivity index (χ3n) is 4.73. The quantitative estimate of drug-likeness (QED) is 0.920. The van der Waals surface area contributed by atoms with Crippen LogP contribution in [0.15, 0.2) is 6.20 Å². The number of nitrogens with zero attached hydrogens (tertiary/aromatic N) is 2. The molecule has 1 heterocycles. The molecule has 1 saturated carbocycles. The molecule has 0 spiro atoms. The van der Waals surface area contributed by atoms with Crippen molar-refractivity contribution in [2.24, 2.45) is 11.3 Å². The van der Waals surface area contributed by atoms with Gasteiger partial charge in [-0.1, -0.05) is 27.7 Å². The normalized spacial score (nSPS) is 29.4. The van der Waals surface area contributed by atoms with Crippen LogP contribution in [0.4, 0.5) is 0 Å². The Bertz CT molecular complexity index is 467. The van der Waals surface area contributed by atoms with Crippen LogP contribution in [-0.2, 0) is 12.1 Å². The SMILES string of the molecule is CCCn1ncc(OC)c1C1(O)CCC(C)(C)CC1C. The summed E-state index contributed by atoms with van der Waals surface area (Å²) in [6.45, 7) is 9.64. The fourth-order valence-corrected chi connectivity index (χ4v) is 3.56. The summed E-state index contributed by atoms with van der Waals surface area (Å²) in [5.41, 5.74) is 0.339. The molecule has 1 aromatic rings. The minimum absolute atomic E-state index is 0.201. The van der Waals surface area contributed by atoms with Gasteiger partial charge >= 0.3 is 0 Å². The molecule has 0 aliphatic heterocycles. The van der Waals surface area contributed by atoms with Crippen molar-refractivity contribution in [3.63, 3.8) is 0 Å². The average molecular weight is 280 g/mol. The molecule has 0 bridgehead atoms. The highest BCUT2D eigenvalue weighted by molar-refractivity contribution is 5.32. The maximum Gasteiger partial charge on any atom is 0.162 e. The van der Waals surface area contributed by atoms with Gasteiger partial charge in [-0.2, -0.15) is 5.10 Å². The van der Waals surface area contributed by atoms with Gasteiger partial charge in [0.1, 0.15) is 11.3 Å². The Kier molecular flexibility index (Phi) is 4.14. The van der Waals surface area contributed by atoms with Gasteiger partial charge in [-0.3, -0.25) is 4.68 Å². The molecule has 4 nitrogen and oxygen atoms in total. The van der Waals surface area contributed by atoms with Crippen LogP contribution in [0.3, 0.4) is 0 Å². The number of hydrogen-bond acceptors (Lipinski definition) is 3. The maximum absolute atomic E-state index is 11.3. The summed E-state index contributed by atoms with van der Waals surface area (Å²) in [4.78, 5) is 0. The van der Waals surface area contributed by atoms with Crippen molar-refractivity contribution in [2.45, 2.75) is 65.5 Å². The van der Waals surface area contributed by atoms with Gasteiger partial charge < -0.3 is 9.84 Å². The number of ether oxygens (including phenoxy) is 1. The van der Waals surface area contributed by atoms with Crippen molar-refractivity contribution in [1.29, 1.82) is 0 Å². The third-order valence-corrected chi connectivity index (χ3v) is 4.73. The van der Waals surface area contributed by atoms with Crippen LogP contribution in [0.1, 0.15) is 59.1 Å². The molecule has 1 N–H and O–H groups in total. The van der Waals surface area contributed by atoms with Gasteiger partial charge in [-0.05, 0) is 37.0 Å². The predicted octanol–water partition coefficient (Wildman–Crippen LogP) is 3.34. The van der Waals surface area contributed by atoms with Crippen LogP contribution >= 0.6 is 0 Å². The molecule has 1 aromatic heterocycles. The molecule has 0 saturated heterocycles. The highest BCUT2D eigenvalue weighted by atomic mass is 16.5. The highest BCUT2D eigenvalue weighted by Crippen LogP contribution is 2.50. The third kappa shape index (κ3) is 2.58. The number of aliphatic hydroxyl groups is 1. The number of aryl methyl sites for hydroxylation is 1. The first-order chi connectivity index (χ1) is 9.34. The van der Waals surface area contributed by atoms with Crippen LogP contribution < -0.4 is 4.74 Å². The van der Waals surface area contributed by atoms with Crippen LogP contribution in [-0.4, -0.2) is 22.0 Å². The van der Waals surface area contributed by atoms with E-state index in [2.05, 4.69) is 32.8 Å². The van der Waals surface area contributed by atoms with E-state index in [0.29, 0.717) is 11.2 Å². The van der Waals surface area contributed by atoms with E-state index in [4.69, 9.17) is 4.74 Å². The summed E-state index contributed by atoms with van der Waals surface area (Å²) in [6, 6.07) is 0. The Labute approximate surface area is 122 Å². The van der Waals surface area contributed by atoms with Crippen LogP contribution in [0.25, 0.3) is 0 Å². The molecular weight excluding hydrogens is 252 g/mol. The van der Waals surface area contributed by atoms with Gasteiger partial charge in [0, 0.05) is 6.54 Å². The standard InChI is InChI=1S/C16H28N2O2/c1-6-9-18-14(13(20-5)11-17-18)16(19)8-7-15(3,4)10-12(16)2/h11-12,19H,6-10H2,1-5H3. The average Bonchev–Trinajstić information content (AvgIpc) is 2.78. The van der Waals surface area contributed by atoms with Gasteiger partial charge in [-0.25, -0.2) is 0 Å². The van der Waals surface area contributed by atoms with E-state index < -0.39 is 5.60 Å². The number of hydrogen-bond donors (Lipinski definition) is 1. The van der Waals surface area contributed by atoms with E-state index in [9.17, 15) is 5.11 Å². The molecule has 4 heteroatoms. The van der Waals surface area contributed by atoms with Gasteiger partial charge in [0.05, 0.1) is 13.3 Å². The molecular formula is C16H28N2O2. The van der Waals surface area contributed by atoms with E-state index in [1.165, 1.54) is 0 Å². The van der Waals surface area contributed by atoms with Crippen molar-refractivity contribution >= 4 is 0 Å². The van der Waals surface area contributed by atoms with Gasteiger partial charge in [0.15, 0.2) is 5.75 Å². The Morgan fingerprint density at radius 1 is 1.45 bits per heavy atom. The zero-order chi connectivity index (χ0) is 15.0. The van der Waals surface area contributed by atoms with Crippen molar-refractivity contribution in [2.75, 3.05) is 7.11 Å². The van der Waals surface area contributed by atoms with Gasteiger partial charge in [-0.15, -0.1) is 0 Å². The molecule has 114 valence electrons. The second-order valence-electron chi connectivity index (χ2n) is 6.98. The largest absolute Gasteiger partial charge is 0.493 e. The van der Waals surface area contributed by atoms with Gasteiger partial charge in [0.2, 0.25) is 0 Å². The Morgan fingerprint density at radius 3 is 2.70 bits per heavy atom. The summed E-state index contributed by atoms with van der Waals surface area (Å²) in [5, 5.41) is 15.7. The summed E-state index contributed by atoms with van der Waals surface area (Å²) in [6.07, 6.45) is 5.54. The predicted molar refractivity (Wildman–Crippen MR) is 79.8 cm³/mol. The number of rotatable bonds is 4. The van der Waals surface area contributed by atoms with E-state index in [1.54, 1.807) is 13.3 Å². The molecule has 1 aliphatic carbocycles. The van der Waals surface area contributed by atoms with Crippen molar-refractivity contribution in [1.82, 2.24) is 9.78 Å². The molecule has 1 fully saturated rings. The minimum Gasteiger partial charge on any atom is -0.493 e. The van der Waals surface area contributed by atoms with Crippen LogP contribution in [0.5, 0.6) is 5.75 Å². The zero-order valence-electron chi connectivity index (χ0n) is 13.4. The molecule has 0 radical (unpaired) electrons. The smallest absolute Gasteiger partial charge is 0.162 e. The maximum atomic E-state index is 11.3. The molecule has 2 unspecified atom stereocenters. The van der Waals surface area contributed by atoms with Crippen molar-refractivity contribution < 1.29 is 9.84 Å². The van der Waals surface area contributed by atoms with Crippen molar-refractivity contribution in [3.05, 3.63) is 11.9 Å². The first kappa shape index (κ1) is 15.4. The molecule has 2 rings (SSSR count). The van der Waals surface area contributed by atoms with E-state index in [-0.39, 0.29) is 5.92 Å². The molecule has 1 aliphatic rings. The van der Waals surface area contributed by atoms with Crippen molar-refractivity contribution in [3.8, 4) is 5.75 Å². The summed E-state index contributed by atoms with van der Waals surface area (Å²) in [7, 11) is 1.65. The first-order valence-electron chi connectivity index (χ1n) is 7.66. The van der Waals surface area contributed by atoms with E-state index >= 15 is 0 Å². The van der Waals surface area contributed by atoms with Crippen LogP contribution in [0, 0.1) is 11.3 Å². The Balaban J connectivity index is 2.41. The van der Waals surface area contributed by atoms with E-state index in [0.717, 1.165) is 37.9 Å². The summed E-state index contributed by atoms with van der Waals surface area (Å²) >= 11 is 0. The lowest BCUT2D eigenvalue weighted by Crippen LogP contribution is -2.43. The Morgan fingerprint density at radius 2 is 2.15 bits per heavy atom. The fraction of sp³-hybridized carbons (Fsp3) is 0.812. The second-order valence-corrected chi connectivity index (χ2v) is 6.98. The highest BCUT2D eigenvalue weighted by Gasteiger charge is 2.47. The molecule has 20 heavy (non-hydrogen) atoms. The minimum atomic E-state index is -0.827. The Hall–Kier alpha value is -1.03.